The molecular weight excluding hydrogens is 274 g/mol. The predicted molar refractivity (Wildman–Crippen MR) is 78.8 cm³/mol. The van der Waals surface area contributed by atoms with Gasteiger partial charge in [0.15, 0.2) is 0 Å². The molecule has 0 aliphatic rings. The Bertz CT molecular complexity index is 532. The van der Waals surface area contributed by atoms with Crippen LogP contribution in [-0.4, -0.2) is 23.3 Å². The number of nitrogens with zero attached hydrogens (tertiary/aromatic N) is 1. The van der Waals surface area contributed by atoms with Crippen LogP contribution in [0.1, 0.15) is 27.2 Å². The van der Waals surface area contributed by atoms with Crippen molar-refractivity contribution in [1.82, 2.24) is 5.32 Å². The first-order chi connectivity index (χ1) is 9.70. The second kappa shape index (κ2) is 6.83. The minimum absolute atomic E-state index is 0.0366. The van der Waals surface area contributed by atoms with E-state index in [9.17, 15) is 19.7 Å². The van der Waals surface area contributed by atoms with Crippen molar-refractivity contribution >= 4 is 23.2 Å². The zero-order valence-corrected chi connectivity index (χ0v) is 12.3. The number of nitro benzene ring substituents is 1. The molecule has 114 valence electrons. The molecule has 0 spiro atoms. The number of hydrogen-bond acceptors (Lipinski definition) is 4. The van der Waals surface area contributed by atoms with Crippen LogP contribution in [0, 0.1) is 15.5 Å². The Hall–Kier alpha value is -2.44. The molecule has 0 atom stereocenters. The van der Waals surface area contributed by atoms with Gasteiger partial charge in [-0.15, -0.1) is 0 Å². The molecule has 1 rings (SSSR count). The molecule has 2 N–H and O–H groups in total. The van der Waals surface area contributed by atoms with Crippen LogP contribution in [0.15, 0.2) is 24.3 Å². The summed E-state index contributed by atoms with van der Waals surface area (Å²) in [7, 11) is 0. The molecule has 0 radical (unpaired) electrons. The number of hydrogen-bond donors (Lipinski definition) is 2. The summed E-state index contributed by atoms with van der Waals surface area (Å²) in [6, 6.07) is 5.56. The normalized spacial score (nSPS) is 10.8. The number of rotatable bonds is 5. The molecule has 0 fully saturated rings. The highest BCUT2D eigenvalue weighted by molar-refractivity contribution is 5.91. The maximum Gasteiger partial charge on any atom is 0.269 e. The number of carbonyl (C=O) groups excluding carboxylic acids is 2. The molecule has 0 aliphatic carbocycles. The first kappa shape index (κ1) is 16.6. The largest absolute Gasteiger partial charge is 0.355 e. The van der Waals surface area contributed by atoms with Crippen LogP contribution in [0.5, 0.6) is 0 Å². The van der Waals surface area contributed by atoms with E-state index in [0.717, 1.165) is 0 Å². The lowest BCUT2D eigenvalue weighted by Crippen LogP contribution is -2.36. The highest BCUT2D eigenvalue weighted by Gasteiger charge is 2.20. The van der Waals surface area contributed by atoms with E-state index in [-0.39, 0.29) is 30.5 Å². The molecular formula is C14H19N3O4. The quantitative estimate of drug-likeness (QED) is 0.641. The van der Waals surface area contributed by atoms with Gasteiger partial charge in [-0.05, 0) is 12.1 Å². The van der Waals surface area contributed by atoms with E-state index >= 15 is 0 Å². The number of nitrogens with one attached hydrogen (secondary N) is 2. The highest BCUT2D eigenvalue weighted by atomic mass is 16.6. The lowest BCUT2D eigenvalue weighted by atomic mass is 9.96. The fourth-order valence-corrected chi connectivity index (χ4v) is 1.44. The molecule has 0 aromatic heterocycles. The molecule has 0 aliphatic heterocycles. The number of anilines is 1. The zero-order valence-electron chi connectivity index (χ0n) is 12.3. The Morgan fingerprint density at radius 1 is 1.19 bits per heavy atom. The summed E-state index contributed by atoms with van der Waals surface area (Å²) in [4.78, 5) is 33.3. The molecule has 0 bridgehead atoms. The van der Waals surface area contributed by atoms with E-state index in [1.165, 1.54) is 24.3 Å². The number of carbonyl (C=O) groups is 2. The first-order valence-electron chi connectivity index (χ1n) is 6.53. The van der Waals surface area contributed by atoms with Crippen LogP contribution in [0.2, 0.25) is 0 Å². The maximum absolute atomic E-state index is 11.7. The third-order valence-electron chi connectivity index (χ3n) is 2.68. The molecule has 0 heterocycles. The van der Waals surface area contributed by atoms with Crippen molar-refractivity contribution in [2.75, 3.05) is 11.9 Å². The lowest BCUT2D eigenvalue weighted by Gasteiger charge is -2.17. The fourth-order valence-electron chi connectivity index (χ4n) is 1.44. The van der Waals surface area contributed by atoms with Crippen molar-refractivity contribution < 1.29 is 14.5 Å². The molecule has 0 saturated heterocycles. The summed E-state index contributed by atoms with van der Waals surface area (Å²) >= 11 is 0. The molecule has 2 amide bonds. The third kappa shape index (κ3) is 5.60. The maximum atomic E-state index is 11.7. The van der Waals surface area contributed by atoms with Gasteiger partial charge in [0.1, 0.15) is 0 Å². The van der Waals surface area contributed by atoms with Crippen LogP contribution in [-0.2, 0) is 9.59 Å². The summed E-state index contributed by atoms with van der Waals surface area (Å²) in [6.07, 6.45) is 0.138. The Kier molecular flexibility index (Phi) is 5.40. The van der Waals surface area contributed by atoms with Gasteiger partial charge in [-0.3, -0.25) is 19.7 Å². The second-order valence-electron chi connectivity index (χ2n) is 5.61. The SMILES string of the molecule is CC(C)(C)C(=O)NCCC(=O)Nc1ccc([N+](=O)[O-])cc1. The molecule has 21 heavy (non-hydrogen) atoms. The first-order valence-corrected chi connectivity index (χ1v) is 6.53. The summed E-state index contributed by atoms with van der Waals surface area (Å²) in [5.74, 6) is -0.385. The van der Waals surface area contributed by atoms with Gasteiger partial charge in [-0.25, -0.2) is 0 Å². The number of amides is 2. The van der Waals surface area contributed by atoms with Crippen molar-refractivity contribution in [3.63, 3.8) is 0 Å². The van der Waals surface area contributed by atoms with Crippen LogP contribution >= 0.6 is 0 Å². The zero-order chi connectivity index (χ0) is 16.0. The average Bonchev–Trinajstić information content (AvgIpc) is 2.38. The molecule has 1 aromatic rings. The third-order valence-corrected chi connectivity index (χ3v) is 2.68. The topological polar surface area (TPSA) is 101 Å². The van der Waals surface area contributed by atoms with Crippen molar-refractivity contribution in [2.24, 2.45) is 5.41 Å². The summed E-state index contributed by atoms with van der Waals surface area (Å²) < 4.78 is 0. The van der Waals surface area contributed by atoms with E-state index in [2.05, 4.69) is 10.6 Å². The molecule has 7 heteroatoms. The summed E-state index contributed by atoms with van der Waals surface area (Å²) in [5, 5.41) is 15.8. The smallest absolute Gasteiger partial charge is 0.269 e. The standard InChI is InChI=1S/C14H19N3O4/c1-14(2,3)13(19)15-9-8-12(18)16-10-4-6-11(7-5-10)17(20)21/h4-7H,8-9H2,1-3H3,(H,15,19)(H,16,18). The fraction of sp³-hybridized carbons (Fsp3) is 0.429. The molecule has 0 saturated carbocycles. The van der Waals surface area contributed by atoms with Crippen LogP contribution in [0.4, 0.5) is 11.4 Å². The van der Waals surface area contributed by atoms with E-state index in [1.807, 2.05) is 0 Å². The summed E-state index contributed by atoms with van der Waals surface area (Å²) in [5.41, 5.74) is -0.0485. The van der Waals surface area contributed by atoms with Gasteiger partial charge in [0.05, 0.1) is 4.92 Å². The summed E-state index contributed by atoms with van der Waals surface area (Å²) in [6.45, 7) is 5.62. The lowest BCUT2D eigenvalue weighted by molar-refractivity contribution is -0.384. The molecule has 7 nitrogen and oxygen atoms in total. The molecule has 0 unspecified atom stereocenters. The van der Waals surface area contributed by atoms with Gasteiger partial charge in [-0.2, -0.15) is 0 Å². The Labute approximate surface area is 122 Å². The van der Waals surface area contributed by atoms with Crippen molar-refractivity contribution in [2.45, 2.75) is 27.2 Å². The monoisotopic (exact) mass is 293 g/mol. The number of nitro groups is 1. The van der Waals surface area contributed by atoms with Gasteiger partial charge in [0.2, 0.25) is 11.8 Å². The van der Waals surface area contributed by atoms with Crippen molar-refractivity contribution in [3.05, 3.63) is 34.4 Å². The highest BCUT2D eigenvalue weighted by Crippen LogP contribution is 2.15. The predicted octanol–water partition coefficient (Wildman–Crippen LogP) is 2.09. The number of benzene rings is 1. The number of non-ortho nitro benzene ring substituents is 1. The Balaban J connectivity index is 2.40. The Morgan fingerprint density at radius 2 is 1.76 bits per heavy atom. The van der Waals surface area contributed by atoms with Crippen molar-refractivity contribution in [1.29, 1.82) is 0 Å². The van der Waals surface area contributed by atoms with Gasteiger partial charge < -0.3 is 10.6 Å². The average molecular weight is 293 g/mol. The van der Waals surface area contributed by atoms with Gasteiger partial charge in [0.25, 0.3) is 5.69 Å². The van der Waals surface area contributed by atoms with E-state index in [4.69, 9.17) is 0 Å². The van der Waals surface area contributed by atoms with Gasteiger partial charge in [-0.1, -0.05) is 20.8 Å². The Morgan fingerprint density at radius 3 is 2.24 bits per heavy atom. The van der Waals surface area contributed by atoms with Crippen LogP contribution in [0.3, 0.4) is 0 Å². The van der Waals surface area contributed by atoms with Gasteiger partial charge >= 0.3 is 0 Å². The van der Waals surface area contributed by atoms with Crippen LogP contribution < -0.4 is 10.6 Å². The van der Waals surface area contributed by atoms with E-state index in [1.54, 1.807) is 20.8 Å². The van der Waals surface area contributed by atoms with Crippen molar-refractivity contribution in [3.8, 4) is 0 Å². The minimum atomic E-state index is -0.506. The van der Waals surface area contributed by atoms with Crippen LogP contribution in [0.25, 0.3) is 0 Å². The molecule has 1 aromatic carbocycles. The minimum Gasteiger partial charge on any atom is -0.355 e. The van der Waals surface area contributed by atoms with E-state index in [0.29, 0.717) is 5.69 Å². The van der Waals surface area contributed by atoms with Gasteiger partial charge in [0, 0.05) is 36.2 Å². The van der Waals surface area contributed by atoms with E-state index < -0.39 is 10.3 Å². The second-order valence-corrected chi connectivity index (χ2v) is 5.61.